The van der Waals surface area contributed by atoms with Crippen molar-refractivity contribution in [3.8, 4) is 0 Å². The quantitative estimate of drug-likeness (QED) is 0.635. The van der Waals surface area contributed by atoms with Crippen molar-refractivity contribution in [2.45, 2.75) is 19.1 Å². The maximum atomic E-state index is 13.5. The SMILES string of the molecule is O=C(CN1C(=O)c2ccccc2N2C(=O)c3ccccc3C12)N1CCc2ccccc2C1. The van der Waals surface area contributed by atoms with Gasteiger partial charge in [0.1, 0.15) is 12.7 Å². The second-order valence-electron chi connectivity index (χ2n) is 8.42. The van der Waals surface area contributed by atoms with E-state index in [4.69, 9.17) is 0 Å². The summed E-state index contributed by atoms with van der Waals surface area (Å²) in [5.41, 5.74) is 4.79. The first kappa shape index (κ1) is 18.8. The van der Waals surface area contributed by atoms with Crippen LogP contribution in [-0.2, 0) is 17.8 Å². The van der Waals surface area contributed by atoms with Crippen LogP contribution < -0.4 is 4.90 Å². The molecule has 0 radical (unpaired) electrons. The number of fused-ring (bicyclic) bond motifs is 6. The summed E-state index contributed by atoms with van der Waals surface area (Å²) in [6.45, 7) is 1.09. The molecule has 6 nitrogen and oxygen atoms in total. The number of anilines is 1. The standard InChI is InChI=1S/C26H21N3O3/c30-23(27-14-13-17-7-1-2-8-18(17)15-27)16-28-24-19-9-3-4-10-20(19)26(32)29(24)22-12-6-5-11-21(22)25(28)31/h1-12,24H,13-16H2. The molecule has 6 rings (SSSR count). The molecule has 0 saturated carbocycles. The van der Waals surface area contributed by atoms with E-state index in [1.165, 1.54) is 5.56 Å². The van der Waals surface area contributed by atoms with Crippen molar-refractivity contribution in [3.63, 3.8) is 0 Å². The van der Waals surface area contributed by atoms with E-state index in [0.717, 1.165) is 17.5 Å². The van der Waals surface area contributed by atoms with Crippen molar-refractivity contribution in [2.24, 2.45) is 0 Å². The zero-order chi connectivity index (χ0) is 21.8. The van der Waals surface area contributed by atoms with Crippen molar-refractivity contribution in [1.29, 1.82) is 0 Å². The third-order valence-corrected chi connectivity index (χ3v) is 6.67. The number of nitrogens with zero attached hydrogens (tertiary/aromatic N) is 3. The van der Waals surface area contributed by atoms with Crippen LogP contribution in [0.5, 0.6) is 0 Å². The van der Waals surface area contributed by atoms with E-state index in [-0.39, 0.29) is 24.3 Å². The van der Waals surface area contributed by atoms with Crippen molar-refractivity contribution < 1.29 is 14.4 Å². The molecule has 3 aliphatic heterocycles. The van der Waals surface area contributed by atoms with E-state index < -0.39 is 6.17 Å². The second kappa shape index (κ2) is 7.05. The zero-order valence-electron chi connectivity index (χ0n) is 17.4. The summed E-state index contributed by atoms with van der Waals surface area (Å²) in [6, 6.07) is 22.6. The molecule has 3 heterocycles. The smallest absolute Gasteiger partial charge is 0.260 e. The number of hydrogen-bond donors (Lipinski definition) is 0. The first-order valence-electron chi connectivity index (χ1n) is 10.8. The lowest BCUT2D eigenvalue weighted by Gasteiger charge is -2.41. The molecule has 1 atom stereocenters. The number of rotatable bonds is 2. The van der Waals surface area contributed by atoms with Crippen LogP contribution in [0.4, 0.5) is 5.69 Å². The van der Waals surface area contributed by atoms with Crippen LogP contribution >= 0.6 is 0 Å². The van der Waals surface area contributed by atoms with E-state index in [0.29, 0.717) is 29.9 Å². The van der Waals surface area contributed by atoms with Gasteiger partial charge in [0, 0.05) is 24.2 Å². The van der Waals surface area contributed by atoms with Gasteiger partial charge in [0.15, 0.2) is 0 Å². The van der Waals surface area contributed by atoms with Gasteiger partial charge in [-0.15, -0.1) is 0 Å². The van der Waals surface area contributed by atoms with Gasteiger partial charge in [-0.25, -0.2) is 0 Å². The third kappa shape index (κ3) is 2.69. The van der Waals surface area contributed by atoms with Gasteiger partial charge in [-0.3, -0.25) is 19.3 Å². The minimum atomic E-state index is -0.609. The Balaban J connectivity index is 1.36. The molecule has 0 spiro atoms. The van der Waals surface area contributed by atoms with E-state index in [9.17, 15) is 14.4 Å². The molecule has 0 bridgehead atoms. The maximum absolute atomic E-state index is 13.5. The number of hydrogen-bond acceptors (Lipinski definition) is 3. The highest BCUT2D eigenvalue weighted by Crippen LogP contribution is 2.45. The monoisotopic (exact) mass is 423 g/mol. The predicted molar refractivity (Wildman–Crippen MR) is 119 cm³/mol. The molecule has 3 aliphatic rings. The Kier molecular flexibility index (Phi) is 4.15. The lowest BCUT2D eigenvalue weighted by atomic mass is 9.99. The molecule has 0 aliphatic carbocycles. The maximum Gasteiger partial charge on any atom is 0.260 e. The summed E-state index contributed by atoms with van der Waals surface area (Å²) in [6.07, 6.45) is 0.192. The van der Waals surface area contributed by atoms with Crippen molar-refractivity contribution in [3.05, 3.63) is 101 Å². The Hall–Kier alpha value is -3.93. The van der Waals surface area contributed by atoms with Crippen LogP contribution in [-0.4, -0.2) is 40.6 Å². The van der Waals surface area contributed by atoms with Gasteiger partial charge in [-0.1, -0.05) is 54.6 Å². The molecule has 0 saturated heterocycles. The van der Waals surface area contributed by atoms with Gasteiger partial charge in [-0.05, 0) is 35.7 Å². The summed E-state index contributed by atoms with van der Waals surface area (Å²) in [5, 5.41) is 0. The molecule has 3 aromatic rings. The van der Waals surface area contributed by atoms with E-state index in [2.05, 4.69) is 6.07 Å². The van der Waals surface area contributed by atoms with Crippen LogP contribution in [0.1, 0.15) is 43.6 Å². The highest BCUT2D eigenvalue weighted by atomic mass is 16.2. The molecule has 0 N–H and O–H groups in total. The Bertz CT molecular complexity index is 1280. The molecule has 3 aromatic carbocycles. The van der Waals surface area contributed by atoms with Crippen LogP contribution in [0, 0.1) is 0 Å². The minimum Gasteiger partial charge on any atom is -0.336 e. The summed E-state index contributed by atoms with van der Waals surface area (Å²) in [4.78, 5) is 45.1. The zero-order valence-corrected chi connectivity index (χ0v) is 17.4. The average Bonchev–Trinajstić information content (AvgIpc) is 3.14. The number of amides is 3. The molecule has 32 heavy (non-hydrogen) atoms. The Morgan fingerprint density at radius 2 is 1.50 bits per heavy atom. The fourth-order valence-corrected chi connectivity index (χ4v) is 5.09. The van der Waals surface area contributed by atoms with Gasteiger partial charge in [0.05, 0.1) is 11.3 Å². The van der Waals surface area contributed by atoms with E-state index in [1.54, 1.807) is 34.1 Å². The average molecular weight is 423 g/mol. The van der Waals surface area contributed by atoms with Gasteiger partial charge >= 0.3 is 0 Å². The predicted octanol–water partition coefficient (Wildman–Crippen LogP) is 3.39. The van der Waals surface area contributed by atoms with Gasteiger partial charge in [0.2, 0.25) is 5.91 Å². The van der Waals surface area contributed by atoms with Crippen LogP contribution in [0.25, 0.3) is 0 Å². The fourth-order valence-electron chi connectivity index (χ4n) is 5.09. The van der Waals surface area contributed by atoms with Crippen LogP contribution in [0.2, 0.25) is 0 Å². The largest absolute Gasteiger partial charge is 0.336 e. The first-order valence-corrected chi connectivity index (χ1v) is 10.8. The Labute approximate surface area is 185 Å². The Morgan fingerprint density at radius 3 is 2.34 bits per heavy atom. The van der Waals surface area contributed by atoms with Gasteiger partial charge < -0.3 is 9.80 Å². The molecule has 0 aromatic heterocycles. The van der Waals surface area contributed by atoms with Gasteiger partial charge in [-0.2, -0.15) is 0 Å². The highest BCUT2D eigenvalue weighted by Gasteiger charge is 2.48. The summed E-state index contributed by atoms with van der Waals surface area (Å²) >= 11 is 0. The summed E-state index contributed by atoms with van der Waals surface area (Å²) in [5.74, 6) is -0.476. The fraction of sp³-hybridized carbons (Fsp3) is 0.192. The number of carbonyl (C=O) groups is 3. The molecule has 1 unspecified atom stereocenters. The molecular weight excluding hydrogens is 402 g/mol. The molecule has 3 amide bonds. The third-order valence-electron chi connectivity index (χ3n) is 6.67. The minimum absolute atomic E-state index is 0.0713. The summed E-state index contributed by atoms with van der Waals surface area (Å²) < 4.78 is 0. The lowest BCUT2D eigenvalue weighted by molar-refractivity contribution is -0.133. The molecule has 158 valence electrons. The van der Waals surface area contributed by atoms with Crippen LogP contribution in [0.3, 0.4) is 0 Å². The first-order chi connectivity index (χ1) is 15.6. The number of carbonyl (C=O) groups excluding carboxylic acids is 3. The van der Waals surface area contributed by atoms with E-state index >= 15 is 0 Å². The highest BCUT2D eigenvalue weighted by molar-refractivity contribution is 6.17. The van der Waals surface area contributed by atoms with E-state index in [1.807, 2.05) is 47.4 Å². The number of benzene rings is 3. The van der Waals surface area contributed by atoms with Crippen molar-refractivity contribution in [1.82, 2.24) is 9.80 Å². The molecule has 0 fully saturated rings. The van der Waals surface area contributed by atoms with Crippen molar-refractivity contribution in [2.75, 3.05) is 18.0 Å². The van der Waals surface area contributed by atoms with Crippen LogP contribution in [0.15, 0.2) is 72.8 Å². The second-order valence-corrected chi connectivity index (χ2v) is 8.42. The Morgan fingerprint density at radius 1 is 0.812 bits per heavy atom. The summed E-state index contributed by atoms with van der Waals surface area (Å²) in [7, 11) is 0. The molecular formula is C26H21N3O3. The normalized spacial score (nSPS) is 18.8. The van der Waals surface area contributed by atoms with Crippen molar-refractivity contribution >= 4 is 23.4 Å². The molecule has 6 heteroatoms. The topological polar surface area (TPSA) is 60.9 Å². The van der Waals surface area contributed by atoms with Gasteiger partial charge in [0.25, 0.3) is 11.8 Å². The lowest BCUT2D eigenvalue weighted by Crippen LogP contribution is -2.52. The number of para-hydroxylation sites is 1.